The van der Waals surface area contributed by atoms with Crippen LogP contribution in [0.3, 0.4) is 0 Å². The monoisotopic (exact) mass is 735 g/mol. The number of benzene rings is 1. The lowest BCUT2D eigenvalue weighted by molar-refractivity contribution is 0.00860. The Balaban J connectivity index is 1.27. The third kappa shape index (κ3) is 7.64. The second kappa shape index (κ2) is 14.2. The van der Waals surface area contributed by atoms with Crippen LogP contribution in [0.4, 0.5) is 5.69 Å². The number of anilines is 1. The summed E-state index contributed by atoms with van der Waals surface area (Å²) in [6, 6.07) is 11.3. The molecule has 3 fully saturated rings. The van der Waals surface area contributed by atoms with Crippen molar-refractivity contribution < 1.29 is 28.1 Å². The van der Waals surface area contributed by atoms with Gasteiger partial charge in [-0.1, -0.05) is 75.7 Å². The Morgan fingerprint density at radius 2 is 1.56 bits per heavy atom. The van der Waals surface area contributed by atoms with Crippen LogP contribution in [0, 0.1) is 0 Å². The van der Waals surface area contributed by atoms with Gasteiger partial charge in [0.05, 0.1) is 59.3 Å². The van der Waals surface area contributed by atoms with Crippen LogP contribution in [0.25, 0.3) is 22.3 Å². The predicted molar refractivity (Wildman–Crippen MR) is 198 cm³/mol. The highest BCUT2D eigenvalue weighted by molar-refractivity contribution is 6.76. The average molecular weight is 737 g/mol. The van der Waals surface area contributed by atoms with E-state index < -0.39 is 16.4 Å². The van der Waals surface area contributed by atoms with Gasteiger partial charge in [-0.05, 0) is 36.3 Å². The summed E-state index contributed by atoms with van der Waals surface area (Å²) in [7, 11) is -3.29. The van der Waals surface area contributed by atoms with Gasteiger partial charge in [0, 0.05) is 45.1 Å². The van der Waals surface area contributed by atoms with Crippen molar-refractivity contribution in [3.8, 4) is 17.1 Å². The summed E-state index contributed by atoms with van der Waals surface area (Å²) in [4.78, 5) is 7.35. The SMILES string of the molecule is CC(C)(C)[Si](C)(C)O[C@@H]1CO[C@H]2[C@@H]1OC[C@H]2Oc1cc2nc(-c3ccc(N4CCOCC4)cc3)c(Cl)c(Cl)c2n1COCC[Si](C)(C)C. The van der Waals surface area contributed by atoms with Crippen molar-refractivity contribution in [3.63, 3.8) is 0 Å². The molecule has 5 heterocycles. The number of rotatable bonds is 11. The van der Waals surface area contributed by atoms with Crippen LogP contribution in [0.1, 0.15) is 20.8 Å². The van der Waals surface area contributed by atoms with Gasteiger partial charge in [-0.25, -0.2) is 4.98 Å². The predicted octanol–water partition coefficient (Wildman–Crippen LogP) is 8.09. The minimum absolute atomic E-state index is 0.0905. The van der Waals surface area contributed by atoms with E-state index in [1.807, 2.05) is 22.8 Å². The molecule has 13 heteroatoms. The lowest BCUT2D eigenvalue weighted by Crippen LogP contribution is -2.47. The largest absolute Gasteiger partial charge is 0.470 e. The Morgan fingerprint density at radius 1 is 0.917 bits per heavy atom. The normalized spacial score (nSPS) is 23.7. The number of hydrogen-bond acceptors (Lipinski definition) is 8. The number of nitrogens with zero attached hydrogens (tertiary/aromatic N) is 3. The summed E-state index contributed by atoms with van der Waals surface area (Å²) in [6.07, 6.45) is -0.869. The molecule has 0 unspecified atom stereocenters. The molecule has 48 heavy (non-hydrogen) atoms. The van der Waals surface area contributed by atoms with E-state index in [2.05, 4.69) is 70.5 Å². The van der Waals surface area contributed by atoms with E-state index in [9.17, 15) is 0 Å². The maximum Gasteiger partial charge on any atom is 0.198 e. The number of aromatic nitrogens is 2. The van der Waals surface area contributed by atoms with Crippen molar-refractivity contribution in [2.24, 2.45) is 0 Å². The number of fused-ring (bicyclic) bond motifs is 2. The summed E-state index contributed by atoms with van der Waals surface area (Å²) in [5.74, 6) is 0.593. The molecule has 6 rings (SSSR count). The summed E-state index contributed by atoms with van der Waals surface area (Å²) in [5, 5.41) is 0.899. The molecule has 0 N–H and O–H groups in total. The summed E-state index contributed by atoms with van der Waals surface area (Å²) < 4.78 is 39.7. The summed E-state index contributed by atoms with van der Waals surface area (Å²) >= 11 is 14.1. The van der Waals surface area contributed by atoms with Crippen molar-refractivity contribution in [1.29, 1.82) is 0 Å². The van der Waals surface area contributed by atoms with Gasteiger partial charge in [0.15, 0.2) is 20.3 Å². The molecular formula is C35H51Cl2N3O6Si2. The second-order valence-corrected chi connectivity index (χ2v) is 27.0. The third-order valence-corrected chi connectivity index (χ3v) is 17.1. The van der Waals surface area contributed by atoms with Gasteiger partial charge in [-0.3, -0.25) is 4.57 Å². The van der Waals surface area contributed by atoms with E-state index in [1.54, 1.807) is 0 Å². The average Bonchev–Trinajstić information content (AvgIpc) is 3.71. The van der Waals surface area contributed by atoms with Crippen LogP contribution < -0.4 is 9.64 Å². The van der Waals surface area contributed by atoms with Crippen molar-refractivity contribution in [2.45, 2.75) is 95.7 Å². The summed E-state index contributed by atoms with van der Waals surface area (Å²) in [5.41, 5.74) is 4.02. The Labute approximate surface area is 297 Å². The van der Waals surface area contributed by atoms with Gasteiger partial charge in [-0.2, -0.15) is 0 Å². The molecule has 3 aromatic rings. The Bertz CT molecular complexity index is 1580. The zero-order valence-corrected chi connectivity index (χ0v) is 33.1. The standard InChI is InChI=1S/C35H51Cl2N3O6Si2/c1-35(2,3)48(7,8)46-27-21-44-33-26(20-43-34(27)33)45-28-19-25-32(40(28)22-42-17-18-47(4,5)6)30(37)29(36)31(38-25)23-9-11-24(12-10-23)39-13-15-41-16-14-39/h9-12,19,26-27,33-34H,13-18,20-22H2,1-8H3/t26-,27-,33-,34-/m1/s1. The van der Waals surface area contributed by atoms with Gasteiger partial charge in [0.25, 0.3) is 0 Å². The molecule has 264 valence electrons. The first kappa shape index (κ1) is 36.1. The smallest absolute Gasteiger partial charge is 0.198 e. The number of hydrogen-bond donors (Lipinski definition) is 0. The molecule has 0 saturated carbocycles. The molecule has 0 bridgehead atoms. The van der Waals surface area contributed by atoms with E-state index in [4.69, 9.17) is 56.3 Å². The molecule has 0 spiro atoms. The Morgan fingerprint density at radius 3 is 2.21 bits per heavy atom. The van der Waals surface area contributed by atoms with Crippen molar-refractivity contribution >= 4 is 56.3 Å². The van der Waals surface area contributed by atoms with Crippen LogP contribution in [0.2, 0.25) is 53.9 Å². The first-order chi connectivity index (χ1) is 22.6. The highest BCUT2D eigenvalue weighted by Gasteiger charge is 2.52. The zero-order valence-electron chi connectivity index (χ0n) is 29.6. The molecular weight excluding hydrogens is 685 g/mol. The number of pyridine rings is 1. The van der Waals surface area contributed by atoms with Gasteiger partial charge in [0.1, 0.15) is 18.9 Å². The topological polar surface area (TPSA) is 76.4 Å². The maximum absolute atomic E-state index is 7.08. The van der Waals surface area contributed by atoms with E-state index in [-0.39, 0.29) is 36.2 Å². The second-order valence-electron chi connectivity index (χ2n) is 15.9. The molecule has 0 aliphatic carbocycles. The maximum atomic E-state index is 7.08. The fraction of sp³-hybridized carbons (Fsp3) is 0.629. The third-order valence-electron chi connectivity index (χ3n) is 10.1. The zero-order chi connectivity index (χ0) is 34.4. The molecule has 3 aliphatic rings. The molecule has 0 amide bonds. The van der Waals surface area contributed by atoms with E-state index >= 15 is 0 Å². The van der Waals surface area contributed by atoms with Crippen LogP contribution >= 0.6 is 23.2 Å². The van der Waals surface area contributed by atoms with Crippen LogP contribution in [-0.4, -0.2) is 96.5 Å². The Kier molecular flexibility index (Phi) is 10.7. The molecule has 3 saturated heterocycles. The molecule has 0 radical (unpaired) electrons. The highest BCUT2D eigenvalue weighted by atomic mass is 35.5. The fourth-order valence-corrected chi connectivity index (χ4v) is 8.75. The molecule has 2 aromatic heterocycles. The highest BCUT2D eigenvalue weighted by Crippen LogP contribution is 2.43. The molecule has 1 aromatic carbocycles. The van der Waals surface area contributed by atoms with Gasteiger partial charge in [0.2, 0.25) is 0 Å². The van der Waals surface area contributed by atoms with Crippen LogP contribution in [0.15, 0.2) is 30.3 Å². The van der Waals surface area contributed by atoms with Crippen molar-refractivity contribution in [1.82, 2.24) is 9.55 Å². The number of ether oxygens (including phenoxy) is 5. The van der Waals surface area contributed by atoms with Crippen molar-refractivity contribution in [3.05, 3.63) is 40.4 Å². The minimum atomic E-state index is -2.01. The Hall–Kier alpha value is -1.68. The van der Waals surface area contributed by atoms with E-state index in [1.165, 1.54) is 0 Å². The fourth-order valence-electron chi connectivity index (χ4n) is 6.15. The first-order valence-electron chi connectivity index (χ1n) is 17.1. The van der Waals surface area contributed by atoms with Crippen LogP contribution in [-0.2, 0) is 30.1 Å². The molecule has 3 aliphatic heterocycles. The lowest BCUT2D eigenvalue weighted by Gasteiger charge is -2.39. The lowest BCUT2D eigenvalue weighted by atomic mass is 10.1. The summed E-state index contributed by atoms with van der Waals surface area (Å²) in [6.45, 7) is 23.3. The van der Waals surface area contributed by atoms with E-state index in [0.29, 0.717) is 52.5 Å². The molecule has 4 atom stereocenters. The van der Waals surface area contributed by atoms with Crippen LogP contribution in [0.5, 0.6) is 5.88 Å². The number of morpholine rings is 1. The van der Waals surface area contributed by atoms with Crippen molar-refractivity contribution in [2.75, 3.05) is 51.0 Å². The minimum Gasteiger partial charge on any atom is -0.470 e. The van der Waals surface area contributed by atoms with Gasteiger partial charge in [-0.15, -0.1) is 0 Å². The van der Waals surface area contributed by atoms with Gasteiger partial charge >= 0.3 is 0 Å². The quantitative estimate of drug-likeness (QED) is 0.145. The van der Waals surface area contributed by atoms with Gasteiger partial charge < -0.3 is 33.0 Å². The first-order valence-corrected chi connectivity index (χ1v) is 24.5. The molecule has 9 nitrogen and oxygen atoms in total. The number of halogens is 2. The van der Waals surface area contributed by atoms with E-state index in [0.717, 1.165) is 43.6 Å².